The molecule has 0 radical (unpaired) electrons. The van der Waals surface area contributed by atoms with Crippen molar-refractivity contribution in [3.05, 3.63) is 11.3 Å². The molecule has 0 bridgehead atoms. The summed E-state index contributed by atoms with van der Waals surface area (Å²) < 4.78 is 4.59. The number of hydrogen-bond acceptors (Lipinski definition) is 9. The molecule has 1 unspecified atom stereocenters. The molecule has 27 heavy (non-hydrogen) atoms. The highest BCUT2D eigenvalue weighted by molar-refractivity contribution is 9.09. The predicted octanol–water partition coefficient (Wildman–Crippen LogP) is -1.39. The molecule has 0 spiro atoms. The summed E-state index contributed by atoms with van der Waals surface area (Å²) in [5, 5.41) is 22.1. The van der Waals surface area contributed by atoms with E-state index in [0.29, 0.717) is 0 Å². The molecule has 0 aromatic heterocycles. The number of alkyl halides is 1. The zero-order valence-electron chi connectivity index (χ0n) is 13.4. The number of nitrogens with one attached hydrogen (secondary N) is 1. The lowest BCUT2D eigenvalue weighted by Gasteiger charge is -2.49. The van der Waals surface area contributed by atoms with Crippen LogP contribution in [-0.4, -0.2) is 79.7 Å². The van der Waals surface area contributed by atoms with Crippen LogP contribution in [0.1, 0.15) is 0 Å². The molecule has 0 aromatic carbocycles. The number of fused-ring (bicyclic) bond motifs is 1. The number of aliphatic carboxylic acids is 1. The predicted molar refractivity (Wildman–Crippen MR) is 93.2 cm³/mol. The van der Waals surface area contributed by atoms with Crippen LogP contribution >= 0.6 is 27.7 Å². The van der Waals surface area contributed by atoms with Crippen molar-refractivity contribution in [2.45, 2.75) is 11.4 Å². The number of amides is 3. The summed E-state index contributed by atoms with van der Waals surface area (Å²) in [6, 6.07) is -1.12. The van der Waals surface area contributed by atoms with E-state index in [1.807, 2.05) is 0 Å². The summed E-state index contributed by atoms with van der Waals surface area (Å²) in [7, 11) is 0. The molecular weight excluding hydrogens is 452 g/mol. The number of carbonyl (C=O) groups is 5. The van der Waals surface area contributed by atoms with Crippen LogP contribution in [0.3, 0.4) is 0 Å². The number of nitrogens with zero attached hydrogens (tertiary/aromatic N) is 2. The fourth-order valence-electron chi connectivity index (χ4n) is 2.45. The number of thioether (sulfide) groups is 1. The van der Waals surface area contributed by atoms with E-state index in [0.717, 1.165) is 16.7 Å². The van der Waals surface area contributed by atoms with Gasteiger partial charge in [0.1, 0.15) is 23.7 Å². The van der Waals surface area contributed by atoms with Crippen molar-refractivity contribution in [1.82, 2.24) is 10.2 Å². The van der Waals surface area contributed by atoms with Crippen molar-refractivity contribution in [2.24, 2.45) is 10.9 Å². The third-order valence-electron chi connectivity index (χ3n) is 3.63. The van der Waals surface area contributed by atoms with Gasteiger partial charge in [-0.05, 0) is 0 Å². The second kappa shape index (κ2) is 8.39. The Hall–Kier alpha value is -2.61. The number of carbonyl (C=O) groups excluding carboxylic acids is 4. The van der Waals surface area contributed by atoms with Gasteiger partial charge < -0.3 is 26.1 Å². The minimum atomic E-state index is -1.41. The molecule has 0 aromatic rings. The number of carboxylic acids is 1. The monoisotopic (exact) mass is 464 g/mol. The van der Waals surface area contributed by atoms with E-state index in [1.54, 1.807) is 0 Å². The van der Waals surface area contributed by atoms with Crippen molar-refractivity contribution in [2.75, 3.05) is 17.7 Å². The van der Waals surface area contributed by atoms with Crippen molar-refractivity contribution in [1.29, 1.82) is 0 Å². The number of ketones is 1. The Balaban J connectivity index is 2.17. The van der Waals surface area contributed by atoms with Gasteiger partial charge in [0, 0.05) is 11.3 Å². The topological polar surface area (TPSA) is 189 Å². The van der Waals surface area contributed by atoms with E-state index in [-0.39, 0.29) is 22.4 Å². The molecule has 146 valence electrons. The van der Waals surface area contributed by atoms with E-state index in [4.69, 9.17) is 10.9 Å². The lowest BCUT2D eigenvalue weighted by Crippen LogP contribution is -2.71. The van der Waals surface area contributed by atoms with Crippen LogP contribution < -0.4 is 11.1 Å². The molecule has 1 saturated heterocycles. The number of Topliss-reactive ketones (excluding diaryl/α,β-unsaturated/α-hetero) is 1. The van der Waals surface area contributed by atoms with Crippen LogP contribution in [0.5, 0.6) is 0 Å². The minimum Gasteiger partial charge on any atom is -0.477 e. The summed E-state index contributed by atoms with van der Waals surface area (Å²) in [5.41, 5.74) is 3.89. The zero-order chi connectivity index (χ0) is 20.3. The Bertz CT molecular complexity index is 782. The number of halogens is 1. The maximum Gasteiger partial charge on any atom is 0.404 e. The highest BCUT2D eigenvalue weighted by Crippen LogP contribution is 2.40. The molecule has 2 aliphatic heterocycles. The number of β-lactam (4-membered cyclic amide) rings is 1. The van der Waals surface area contributed by atoms with E-state index in [1.165, 1.54) is 0 Å². The smallest absolute Gasteiger partial charge is 0.404 e. The second-order valence-corrected chi connectivity index (χ2v) is 6.90. The molecule has 3 amide bonds. The average Bonchev–Trinajstić information content (AvgIpc) is 2.63. The molecule has 12 nitrogen and oxygen atoms in total. The lowest BCUT2D eigenvalue weighted by atomic mass is 10.0. The van der Waals surface area contributed by atoms with E-state index >= 15 is 0 Å². The summed E-state index contributed by atoms with van der Waals surface area (Å²) >= 11 is 3.95. The highest BCUT2D eigenvalue weighted by atomic mass is 79.9. The Morgan fingerprint density at radius 3 is 2.59 bits per heavy atom. The fraction of sp³-hybridized carbons (Fsp3) is 0.385. The summed E-state index contributed by atoms with van der Waals surface area (Å²) in [6.07, 6.45) is -1.09. The van der Waals surface area contributed by atoms with E-state index in [2.05, 4.69) is 31.1 Å². The highest BCUT2D eigenvalue weighted by Gasteiger charge is 2.54. The number of ether oxygens (including phenoxy) is 1. The number of rotatable bonds is 7. The first-order valence-electron chi connectivity index (χ1n) is 7.17. The lowest BCUT2D eigenvalue weighted by molar-refractivity contribution is -0.150. The van der Waals surface area contributed by atoms with Gasteiger partial charge in [0.15, 0.2) is 0 Å². The average molecular weight is 465 g/mol. The maximum absolute atomic E-state index is 12.4. The molecule has 0 saturated carbocycles. The summed E-state index contributed by atoms with van der Waals surface area (Å²) in [5.74, 6) is -3.90. The molecule has 1 fully saturated rings. The summed E-state index contributed by atoms with van der Waals surface area (Å²) in [6.45, 7) is -0.390. The van der Waals surface area contributed by atoms with Gasteiger partial charge in [0.05, 0.1) is 5.33 Å². The number of nitrogens with two attached hydrogens (primary N) is 1. The zero-order valence-corrected chi connectivity index (χ0v) is 15.8. The first-order valence-corrected chi connectivity index (χ1v) is 9.34. The number of hydrogen-bond donors (Lipinski definition) is 4. The molecule has 2 aliphatic rings. The van der Waals surface area contributed by atoms with Gasteiger partial charge in [-0.2, -0.15) is 0 Å². The first-order chi connectivity index (χ1) is 12.7. The molecule has 14 heteroatoms. The largest absolute Gasteiger partial charge is 0.477 e. The van der Waals surface area contributed by atoms with Gasteiger partial charge in [0.2, 0.25) is 11.5 Å². The quantitative estimate of drug-likeness (QED) is 0.0877. The Labute approximate surface area is 163 Å². The van der Waals surface area contributed by atoms with Gasteiger partial charge in [-0.1, -0.05) is 21.1 Å². The van der Waals surface area contributed by atoms with Gasteiger partial charge in [-0.15, -0.1) is 11.8 Å². The van der Waals surface area contributed by atoms with E-state index in [9.17, 15) is 29.1 Å². The second-order valence-electron chi connectivity index (χ2n) is 5.23. The van der Waals surface area contributed by atoms with Crippen molar-refractivity contribution in [3.63, 3.8) is 0 Å². The van der Waals surface area contributed by atoms with Crippen LogP contribution in [0.4, 0.5) is 4.79 Å². The van der Waals surface area contributed by atoms with Crippen LogP contribution in [0.2, 0.25) is 0 Å². The van der Waals surface area contributed by atoms with Gasteiger partial charge in [-0.25, -0.2) is 9.59 Å². The molecule has 0 aliphatic carbocycles. The SMILES string of the molecule is NC(=O)OCC1=C(C(=O)O)N2C(=O)C(NC(=O)/C(=N\O)C(=O)CBr)[C@H]2SC1. The van der Waals surface area contributed by atoms with Crippen LogP contribution in [0.25, 0.3) is 0 Å². The molecule has 2 rings (SSSR count). The summed E-state index contributed by atoms with van der Waals surface area (Å²) in [4.78, 5) is 59.1. The third-order valence-corrected chi connectivity index (χ3v) is 5.47. The normalized spacial score (nSPS) is 21.9. The molecule has 2 atom stereocenters. The molecular formula is C13H13BrN4O8S. The first kappa shape index (κ1) is 20.7. The van der Waals surface area contributed by atoms with Crippen LogP contribution in [0, 0.1) is 0 Å². The van der Waals surface area contributed by atoms with Crippen molar-refractivity contribution < 1.29 is 39.0 Å². The van der Waals surface area contributed by atoms with Crippen LogP contribution in [-0.2, 0) is 23.9 Å². The third kappa shape index (κ3) is 4.05. The number of oxime groups is 1. The number of primary amides is 1. The minimum absolute atomic E-state index is 0.108. The fourth-order valence-corrected chi connectivity index (χ4v) is 4.05. The van der Waals surface area contributed by atoms with Gasteiger partial charge in [-0.3, -0.25) is 19.3 Å². The van der Waals surface area contributed by atoms with Crippen molar-refractivity contribution in [3.8, 4) is 0 Å². The van der Waals surface area contributed by atoms with Crippen molar-refractivity contribution >= 4 is 63.1 Å². The molecule has 2 heterocycles. The van der Waals surface area contributed by atoms with Gasteiger partial charge in [0.25, 0.3) is 11.8 Å². The standard InChI is InChI=1S/C13H13BrN4O8S/c14-1-5(19)6(17-25)9(20)16-7-10(21)18-8(12(22)23)4(2-26-13(15)24)3-27-11(7)18/h7,11,25H,1-3H2,(H2,15,24)(H,16,20)(H,22,23)/b17-6-/t7?,11-/m1/s1. The number of carboxylic acid groups (broad SMARTS) is 1. The van der Waals surface area contributed by atoms with Crippen LogP contribution in [0.15, 0.2) is 16.4 Å². The Morgan fingerprint density at radius 1 is 1.41 bits per heavy atom. The Morgan fingerprint density at radius 2 is 2.07 bits per heavy atom. The Kier molecular flexibility index (Phi) is 6.43. The van der Waals surface area contributed by atoms with E-state index < -0.39 is 53.4 Å². The van der Waals surface area contributed by atoms with Gasteiger partial charge >= 0.3 is 12.1 Å². The maximum atomic E-state index is 12.4. The molecule has 5 N–H and O–H groups in total.